The number of hydrogen-bond donors (Lipinski definition) is 6. The van der Waals surface area contributed by atoms with Crippen molar-refractivity contribution < 1.29 is 42.7 Å². The number of alkyl halides is 1. The Bertz CT molecular complexity index is 3330. The fourth-order valence-electron chi connectivity index (χ4n) is 11.0. The molecule has 10 rings (SSSR count). The molecule has 2 aliphatic heterocycles. The van der Waals surface area contributed by atoms with E-state index in [0.717, 1.165) is 65.2 Å². The number of nitrogens with zero attached hydrogens (tertiary/aromatic N) is 8. The van der Waals surface area contributed by atoms with E-state index in [1.54, 1.807) is 61.9 Å². The van der Waals surface area contributed by atoms with Crippen LogP contribution in [0.2, 0.25) is 0 Å². The zero-order chi connectivity index (χ0) is 58.6. The monoisotopic (exact) mass is 1160 g/mol. The number of aliphatic hydroxyl groups excluding tert-OH is 1. The summed E-state index contributed by atoms with van der Waals surface area (Å²) in [5.74, 6) is -3.13. The average molecular weight is 1160 g/mol. The number of hydrogen-bond acceptors (Lipinski definition) is 14. The van der Waals surface area contributed by atoms with Gasteiger partial charge in [0.15, 0.2) is 22.9 Å². The number of carbonyl (C=O) groups is 6. The standard InChI is InChI=1S/C60H73F2N13O7S/c1-36-53(83-35-66-36)39-13-11-37(12-14-39)46(71-56(80)48-26-42(76)32-75(48)58(82)43(59(2,3)4)27-50(77)60(62)17-18-60)28-51(78)63-19-7-5-6-8-20-64-52(79)34-72-21-23-73(24-22-72)57(81)40-15-16-45(44(61)25-40)69-54-55-65-31-49(41-29-67-68-30-41)74(55)33-47(70-54)38-9-10-38/h11-16,25,29-31,33,35,38,42-43,46,48,76H,5-10,17-24,26-28,32,34H2,1-4H3,(H,63,78)(H,64,79)(H,67,68)(H,69,70)(H,71,80)/t42-,43-,46+,48+/m1/s1. The first-order valence-electron chi connectivity index (χ1n) is 28.8. The van der Waals surface area contributed by atoms with Crippen molar-refractivity contribution in [1.29, 1.82) is 0 Å². The van der Waals surface area contributed by atoms with Gasteiger partial charge in [0, 0.05) is 94.0 Å². The number of halogens is 2. The molecule has 83 heavy (non-hydrogen) atoms. The van der Waals surface area contributed by atoms with Crippen LogP contribution in [-0.4, -0.2) is 155 Å². The number of aliphatic hydroxyl groups is 1. The van der Waals surface area contributed by atoms with Gasteiger partial charge in [-0.25, -0.2) is 23.7 Å². The Kier molecular flexibility index (Phi) is 17.8. The van der Waals surface area contributed by atoms with Crippen LogP contribution in [0, 0.1) is 24.1 Å². The van der Waals surface area contributed by atoms with Crippen LogP contribution in [-0.2, 0) is 24.0 Å². The van der Waals surface area contributed by atoms with Gasteiger partial charge >= 0.3 is 0 Å². The number of carbonyl (C=O) groups excluding carboxylic acids is 6. The van der Waals surface area contributed by atoms with Crippen molar-refractivity contribution in [3.05, 3.63) is 101 Å². The summed E-state index contributed by atoms with van der Waals surface area (Å²) in [7, 11) is 0. The van der Waals surface area contributed by atoms with Gasteiger partial charge in [0.05, 0.1) is 70.7 Å². The number of aromatic nitrogens is 6. The number of Topliss-reactive ketones (excluding diaryl/α,β-unsaturated/α-hetero) is 1. The first kappa shape index (κ1) is 58.7. The Hall–Kier alpha value is -7.50. The van der Waals surface area contributed by atoms with Crippen LogP contribution in [0.15, 0.2) is 72.8 Å². The number of unbranched alkanes of at least 4 members (excludes halogenated alkanes) is 3. The normalized spacial score (nSPS) is 18.6. The van der Waals surface area contributed by atoms with E-state index in [0.29, 0.717) is 68.6 Å². The molecule has 5 amide bonds. The van der Waals surface area contributed by atoms with Crippen molar-refractivity contribution in [3.63, 3.8) is 0 Å². The molecule has 0 unspecified atom stereocenters. The van der Waals surface area contributed by atoms with E-state index in [9.17, 15) is 38.3 Å². The summed E-state index contributed by atoms with van der Waals surface area (Å²) in [6.07, 6.45) is 11.1. The van der Waals surface area contributed by atoms with Gasteiger partial charge in [-0.05, 0) is 80.2 Å². The highest BCUT2D eigenvalue weighted by molar-refractivity contribution is 7.13. The minimum atomic E-state index is -1.91. The number of benzene rings is 2. The summed E-state index contributed by atoms with van der Waals surface area (Å²) >= 11 is 1.51. The van der Waals surface area contributed by atoms with E-state index in [4.69, 9.17) is 4.98 Å². The van der Waals surface area contributed by atoms with Crippen LogP contribution < -0.4 is 21.3 Å². The third-order valence-electron chi connectivity index (χ3n) is 16.4. The lowest BCUT2D eigenvalue weighted by Gasteiger charge is -2.35. The number of aromatic amines is 1. The Balaban J connectivity index is 0.647. The SMILES string of the molecule is Cc1ncsc1-c1ccc([C@H](CC(=O)NCCCCCCNC(=O)CN2CCN(C(=O)c3ccc(Nc4nc(C5CC5)cn5c(-c6cn[nH]c6)cnc45)c(F)c3)CC2)NC(=O)[C@@H]2C[C@@H](O)CN2C(=O)[C@@H](CC(=O)C2(F)CC2)C(C)(C)C)cc1. The van der Waals surface area contributed by atoms with Gasteiger partial charge in [-0.2, -0.15) is 5.10 Å². The Labute approximate surface area is 484 Å². The molecule has 20 nitrogen and oxygen atoms in total. The number of aryl methyl sites for hydroxylation is 1. The zero-order valence-electron chi connectivity index (χ0n) is 47.4. The van der Waals surface area contributed by atoms with Gasteiger partial charge in [0.2, 0.25) is 23.6 Å². The predicted octanol–water partition coefficient (Wildman–Crippen LogP) is 7.20. The van der Waals surface area contributed by atoms with E-state index in [1.165, 1.54) is 22.3 Å². The summed E-state index contributed by atoms with van der Waals surface area (Å²) in [6, 6.07) is 10.0. The maximum atomic E-state index is 15.7. The number of imidazole rings is 1. The molecular weight excluding hydrogens is 1080 g/mol. The molecule has 0 bridgehead atoms. The second kappa shape index (κ2) is 25.2. The maximum absolute atomic E-state index is 15.7. The van der Waals surface area contributed by atoms with Crippen molar-refractivity contribution >= 4 is 63.8 Å². The van der Waals surface area contributed by atoms with Gasteiger partial charge in [0.25, 0.3) is 5.91 Å². The third kappa shape index (κ3) is 14.1. The van der Waals surface area contributed by atoms with Crippen molar-refractivity contribution in [3.8, 4) is 21.7 Å². The molecule has 440 valence electrons. The number of H-pyrrole nitrogens is 1. The molecular formula is C60H73F2N13O7S. The molecule has 2 saturated carbocycles. The Morgan fingerprint density at radius 2 is 1.61 bits per heavy atom. The second-order valence-electron chi connectivity index (χ2n) is 23.7. The number of fused-ring (bicyclic) bond motifs is 1. The van der Waals surface area contributed by atoms with E-state index in [2.05, 4.69) is 41.4 Å². The van der Waals surface area contributed by atoms with Crippen LogP contribution in [0.4, 0.5) is 20.3 Å². The second-order valence-corrected chi connectivity index (χ2v) is 24.5. The largest absolute Gasteiger partial charge is 0.391 e. The summed E-state index contributed by atoms with van der Waals surface area (Å²) < 4.78 is 32.5. The van der Waals surface area contributed by atoms with E-state index in [1.807, 2.05) is 46.7 Å². The Morgan fingerprint density at radius 3 is 2.25 bits per heavy atom. The number of amides is 5. The Morgan fingerprint density at radius 1 is 0.892 bits per heavy atom. The predicted molar refractivity (Wildman–Crippen MR) is 309 cm³/mol. The lowest BCUT2D eigenvalue weighted by atomic mass is 9.76. The molecule has 4 aliphatic rings. The summed E-state index contributed by atoms with van der Waals surface area (Å²) in [6.45, 7) is 10.0. The molecule has 2 aromatic carbocycles. The molecule has 6 aromatic rings. The first-order valence-corrected chi connectivity index (χ1v) is 29.7. The van der Waals surface area contributed by atoms with Crippen LogP contribution in [0.25, 0.3) is 27.3 Å². The fraction of sp³-hybridized carbons (Fsp3) is 0.500. The molecule has 2 aliphatic carbocycles. The number of likely N-dealkylation sites (tertiary alicyclic amines) is 1. The molecule has 23 heteroatoms. The van der Waals surface area contributed by atoms with E-state index in [-0.39, 0.29) is 74.2 Å². The minimum absolute atomic E-state index is 0.0350. The highest BCUT2D eigenvalue weighted by atomic mass is 32.1. The lowest BCUT2D eigenvalue weighted by molar-refractivity contribution is -0.147. The first-order chi connectivity index (χ1) is 39.8. The summed E-state index contributed by atoms with van der Waals surface area (Å²) in [5.41, 5.74) is 5.11. The molecule has 6 N–H and O–H groups in total. The van der Waals surface area contributed by atoms with Crippen molar-refractivity contribution in [2.75, 3.05) is 57.7 Å². The van der Waals surface area contributed by atoms with Gasteiger partial charge in [-0.15, -0.1) is 11.3 Å². The molecule has 4 aromatic heterocycles. The van der Waals surface area contributed by atoms with Crippen LogP contribution in [0.3, 0.4) is 0 Å². The lowest BCUT2D eigenvalue weighted by Crippen LogP contribution is -2.51. The highest BCUT2D eigenvalue weighted by Crippen LogP contribution is 2.45. The average Bonchev–Trinajstić information content (AvgIpc) is 3.12. The van der Waals surface area contributed by atoms with Gasteiger partial charge < -0.3 is 36.2 Å². The zero-order valence-corrected chi connectivity index (χ0v) is 48.2. The number of anilines is 2. The number of rotatable bonds is 24. The van der Waals surface area contributed by atoms with Gasteiger partial charge in [-0.1, -0.05) is 57.9 Å². The quantitative estimate of drug-likeness (QED) is 0.0329. The van der Waals surface area contributed by atoms with Crippen molar-refractivity contribution in [1.82, 2.24) is 60.2 Å². The van der Waals surface area contributed by atoms with Crippen molar-refractivity contribution in [2.45, 2.75) is 128 Å². The number of β-amino-alcohol motifs (C(OH)–C–C–N with tert-alkyl or cyclic N) is 1. The maximum Gasteiger partial charge on any atom is 0.254 e. The summed E-state index contributed by atoms with van der Waals surface area (Å²) in [4.78, 5) is 101. The van der Waals surface area contributed by atoms with E-state index < -0.39 is 58.6 Å². The molecule has 4 fully saturated rings. The number of thiazole rings is 1. The van der Waals surface area contributed by atoms with Crippen molar-refractivity contribution in [2.24, 2.45) is 11.3 Å². The number of ketones is 1. The minimum Gasteiger partial charge on any atom is -0.391 e. The van der Waals surface area contributed by atoms with Gasteiger partial charge in [-0.3, -0.25) is 43.2 Å². The summed E-state index contributed by atoms with van der Waals surface area (Å²) in [5, 5.41) is 29.8. The fourth-order valence-corrected chi connectivity index (χ4v) is 11.8. The molecule has 0 radical (unpaired) electrons. The number of nitrogens with one attached hydrogen (secondary N) is 5. The molecule has 6 heterocycles. The number of piperazine rings is 1. The molecule has 0 spiro atoms. The smallest absolute Gasteiger partial charge is 0.254 e. The molecule has 4 atom stereocenters. The topological polar surface area (TPSA) is 252 Å². The third-order valence-corrected chi connectivity index (χ3v) is 17.3. The van der Waals surface area contributed by atoms with Crippen LogP contribution in [0.1, 0.15) is 131 Å². The highest BCUT2D eigenvalue weighted by Gasteiger charge is 2.53. The van der Waals surface area contributed by atoms with E-state index >= 15 is 4.39 Å². The molecule has 2 saturated heterocycles. The van der Waals surface area contributed by atoms with Crippen LogP contribution >= 0.6 is 11.3 Å². The van der Waals surface area contributed by atoms with Crippen LogP contribution in [0.5, 0.6) is 0 Å². The van der Waals surface area contributed by atoms with Gasteiger partial charge in [0.1, 0.15) is 11.9 Å².